The van der Waals surface area contributed by atoms with Gasteiger partial charge in [0, 0.05) is 17.4 Å². The number of fused-ring (bicyclic) bond motifs is 9. The van der Waals surface area contributed by atoms with Crippen LogP contribution in [-0.2, 0) is 39.1 Å². The Labute approximate surface area is 291 Å². The summed E-state index contributed by atoms with van der Waals surface area (Å²) < 4.78 is 13.7. The monoisotopic (exact) mass is 657 g/mol. The first-order chi connectivity index (χ1) is 23.9. The highest BCUT2D eigenvalue weighted by Crippen LogP contribution is 2.87. The molecule has 7 aliphatic rings. The summed E-state index contributed by atoms with van der Waals surface area (Å²) in [6, 6.07) is 15.6. The largest absolute Gasteiger partial charge is 0.449 e. The van der Waals surface area contributed by atoms with Gasteiger partial charge in [-0.05, 0) is 118 Å². The molecule has 8 atom stereocenters. The van der Waals surface area contributed by atoms with E-state index in [2.05, 4.69) is 74.5 Å². The fourth-order valence-electron chi connectivity index (χ4n) is 12.6. The Hall–Kier alpha value is -3.44. The van der Waals surface area contributed by atoms with Crippen LogP contribution in [0.5, 0.6) is 0 Å². The average molecular weight is 658 g/mol. The molecule has 2 aromatic carbocycles. The van der Waals surface area contributed by atoms with Crippen LogP contribution >= 0.6 is 0 Å². The van der Waals surface area contributed by atoms with E-state index < -0.39 is 16.4 Å². The number of rotatable bonds is 5. The van der Waals surface area contributed by atoms with Gasteiger partial charge in [-0.25, -0.2) is 4.79 Å². The molecule has 2 fully saturated rings. The summed E-state index contributed by atoms with van der Waals surface area (Å²) in [7, 11) is 0. The first-order valence-electron chi connectivity index (χ1n) is 19.4. The molecule has 0 radical (unpaired) electrons. The number of unbranched alkanes of at least 4 members (excludes halogenated alkanes) is 1. The minimum atomic E-state index is -0.928. The molecule has 256 valence electrons. The lowest BCUT2D eigenvalue weighted by atomic mass is 9.28. The zero-order valence-corrected chi connectivity index (χ0v) is 29.3. The van der Waals surface area contributed by atoms with Crippen LogP contribution in [0.25, 0.3) is 0 Å². The molecule has 2 aliphatic heterocycles. The first-order valence-corrected chi connectivity index (χ1v) is 19.4. The molecule has 9 rings (SSSR count). The van der Waals surface area contributed by atoms with Crippen LogP contribution in [0.4, 0.5) is 0 Å². The van der Waals surface area contributed by atoms with Crippen LogP contribution in [0.3, 0.4) is 0 Å². The van der Waals surface area contributed by atoms with Crippen LogP contribution in [0.15, 0.2) is 77.6 Å². The molecular weight excluding hydrogens is 606 g/mol. The zero-order valence-electron chi connectivity index (χ0n) is 29.3. The summed E-state index contributed by atoms with van der Waals surface area (Å²) in [5.41, 5.74) is 11.9. The lowest BCUT2D eigenvalue weighted by Crippen LogP contribution is -2.77. The van der Waals surface area contributed by atoms with E-state index in [0.717, 1.165) is 106 Å². The predicted octanol–water partition coefficient (Wildman–Crippen LogP) is 8.69. The summed E-state index contributed by atoms with van der Waals surface area (Å²) in [5.74, 6) is 2.20. The maximum atomic E-state index is 15.2. The SMILES string of the molecule is CCC/C=C1\OC(=O)[C@@]23C4=C5CC[C@@]12[C@]1(OC(=O)c2c(CCCN)cccc21)[C@H]3CCCCc1cccc(c1)C[C@@H](C4)[C@H]1[C@H](C)CC=C[C@@H]51. The van der Waals surface area contributed by atoms with E-state index in [0.29, 0.717) is 30.2 Å². The summed E-state index contributed by atoms with van der Waals surface area (Å²) in [6.45, 7) is 5.19. The van der Waals surface area contributed by atoms with Gasteiger partial charge in [0.2, 0.25) is 0 Å². The van der Waals surface area contributed by atoms with Crippen LogP contribution in [0.1, 0.15) is 111 Å². The van der Waals surface area contributed by atoms with E-state index >= 15 is 4.79 Å². The molecule has 2 N–H and O–H groups in total. The fraction of sp³-hybridized carbons (Fsp3) is 0.545. The minimum absolute atomic E-state index is 0.0815. The van der Waals surface area contributed by atoms with Crippen molar-refractivity contribution in [3.63, 3.8) is 0 Å². The Kier molecular flexibility index (Phi) is 7.43. The fourth-order valence-corrected chi connectivity index (χ4v) is 12.6. The smallest absolute Gasteiger partial charge is 0.339 e. The highest BCUT2D eigenvalue weighted by molar-refractivity contribution is 6.00. The number of benzene rings is 2. The van der Waals surface area contributed by atoms with Gasteiger partial charge < -0.3 is 15.2 Å². The summed E-state index contributed by atoms with van der Waals surface area (Å²) in [4.78, 5) is 29.5. The summed E-state index contributed by atoms with van der Waals surface area (Å²) >= 11 is 0. The minimum Gasteiger partial charge on any atom is -0.449 e. The van der Waals surface area contributed by atoms with E-state index in [1.807, 2.05) is 0 Å². The molecule has 5 aliphatic carbocycles. The molecule has 1 saturated heterocycles. The topological polar surface area (TPSA) is 78.6 Å². The van der Waals surface area contributed by atoms with Gasteiger partial charge in [0.25, 0.3) is 0 Å². The lowest BCUT2D eigenvalue weighted by Gasteiger charge is -2.72. The number of ether oxygens (including phenoxy) is 2. The zero-order chi connectivity index (χ0) is 33.5. The van der Waals surface area contributed by atoms with Crippen molar-refractivity contribution in [1.29, 1.82) is 0 Å². The Morgan fingerprint density at radius 1 is 1.04 bits per heavy atom. The van der Waals surface area contributed by atoms with Gasteiger partial charge in [-0.2, -0.15) is 0 Å². The van der Waals surface area contributed by atoms with Crippen molar-refractivity contribution in [2.24, 2.45) is 46.2 Å². The van der Waals surface area contributed by atoms with Crippen LogP contribution in [0.2, 0.25) is 0 Å². The number of hydrogen-bond donors (Lipinski definition) is 1. The highest BCUT2D eigenvalue weighted by Gasteiger charge is 2.92. The molecule has 5 nitrogen and oxygen atoms in total. The van der Waals surface area contributed by atoms with Crippen molar-refractivity contribution < 1.29 is 19.1 Å². The van der Waals surface area contributed by atoms with Crippen molar-refractivity contribution in [2.75, 3.05) is 6.54 Å². The first kappa shape index (κ1) is 31.5. The van der Waals surface area contributed by atoms with Gasteiger partial charge in [-0.15, -0.1) is 0 Å². The maximum absolute atomic E-state index is 15.2. The van der Waals surface area contributed by atoms with Gasteiger partial charge in [-0.3, -0.25) is 4.79 Å². The Bertz CT molecular complexity index is 1820. The molecule has 0 amide bonds. The standard InChI is InChI=1S/C44H51NO4/c1-3-4-20-37-42-22-21-32-33-17-7-11-27(2)38(33)31-25-29-14-8-13-28(24-29)12-5-6-19-36(43(42,35(32)26-31)41(47)48-37)44(42)34-18-9-15-30(16-10-23-45)39(34)40(46)49-44/h7-9,13-15,17-18,20,24,27,31,33,36,38H,3-6,10-12,16,19,21-23,25-26,45H2,1-2H3/b37-20-/t27-,31+,33+,36+,38-,42-,43+,44-/m1/s1. The molecule has 0 unspecified atom stereocenters. The second-order valence-corrected chi connectivity index (χ2v) is 16.4. The second-order valence-electron chi connectivity index (χ2n) is 16.4. The van der Waals surface area contributed by atoms with Gasteiger partial charge >= 0.3 is 11.9 Å². The van der Waals surface area contributed by atoms with Crippen molar-refractivity contribution in [3.8, 4) is 0 Å². The highest BCUT2D eigenvalue weighted by atomic mass is 16.6. The molecule has 2 heterocycles. The van der Waals surface area contributed by atoms with Crippen LogP contribution in [-0.4, -0.2) is 18.5 Å². The number of nitrogens with two attached hydrogens (primary N) is 1. The molecule has 5 heteroatoms. The number of allylic oxidation sites excluding steroid dienone is 4. The number of hydrogen-bond acceptors (Lipinski definition) is 5. The predicted molar refractivity (Wildman–Crippen MR) is 190 cm³/mol. The van der Waals surface area contributed by atoms with E-state index in [1.54, 1.807) is 0 Å². The van der Waals surface area contributed by atoms with E-state index in [9.17, 15) is 4.79 Å². The lowest BCUT2D eigenvalue weighted by molar-refractivity contribution is -0.278. The van der Waals surface area contributed by atoms with E-state index in [-0.39, 0.29) is 17.9 Å². The normalized spacial score (nSPS) is 37.7. The molecule has 4 bridgehead atoms. The third kappa shape index (κ3) is 3.97. The van der Waals surface area contributed by atoms with Crippen molar-refractivity contribution in [3.05, 3.63) is 105 Å². The number of aryl methyl sites for hydroxylation is 2. The second kappa shape index (κ2) is 11.5. The van der Waals surface area contributed by atoms with Gasteiger partial charge in [0.15, 0.2) is 5.60 Å². The van der Waals surface area contributed by atoms with Crippen molar-refractivity contribution in [2.45, 2.75) is 103 Å². The molecule has 1 saturated carbocycles. The summed E-state index contributed by atoms with van der Waals surface area (Å²) in [6.07, 6.45) is 19.0. The van der Waals surface area contributed by atoms with Crippen molar-refractivity contribution >= 4 is 11.9 Å². The van der Waals surface area contributed by atoms with E-state index in [4.69, 9.17) is 15.2 Å². The van der Waals surface area contributed by atoms with Crippen LogP contribution < -0.4 is 5.73 Å². The number of esters is 2. The third-order valence-corrected chi connectivity index (χ3v) is 14.2. The van der Waals surface area contributed by atoms with Crippen molar-refractivity contribution in [1.82, 2.24) is 0 Å². The molecule has 2 aromatic rings. The molecular formula is C44H51NO4. The third-order valence-electron chi connectivity index (χ3n) is 14.2. The Morgan fingerprint density at radius 3 is 2.76 bits per heavy atom. The Morgan fingerprint density at radius 2 is 1.90 bits per heavy atom. The maximum Gasteiger partial charge on any atom is 0.339 e. The number of carbonyl (C=O) groups is 2. The number of carbonyl (C=O) groups excluding carboxylic acids is 2. The average Bonchev–Trinajstić information content (AvgIpc) is 3.55. The molecule has 2 spiro atoms. The van der Waals surface area contributed by atoms with Gasteiger partial charge in [0.05, 0.1) is 11.0 Å². The van der Waals surface area contributed by atoms with E-state index in [1.165, 1.54) is 22.3 Å². The van der Waals surface area contributed by atoms with Gasteiger partial charge in [0.1, 0.15) is 11.2 Å². The van der Waals surface area contributed by atoms with Crippen LogP contribution in [0, 0.1) is 40.4 Å². The Balaban J connectivity index is 1.31. The molecule has 49 heavy (non-hydrogen) atoms. The number of cyclic esters (lactones) is 1. The van der Waals surface area contributed by atoms with Gasteiger partial charge in [-0.1, -0.05) is 92.5 Å². The quantitative estimate of drug-likeness (QED) is 0.257. The molecule has 0 aromatic heterocycles. The summed E-state index contributed by atoms with van der Waals surface area (Å²) in [5, 5.41) is 0.